The minimum absolute atomic E-state index is 0.0877. The average molecular weight is 339 g/mol. The van der Waals surface area contributed by atoms with E-state index in [2.05, 4.69) is 5.32 Å². The number of halogens is 1. The van der Waals surface area contributed by atoms with Gasteiger partial charge in [0.15, 0.2) is 0 Å². The van der Waals surface area contributed by atoms with Crippen LogP contribution in [0.3, 0.4) is 0 Å². The molecular weight excluding hydrogens is 316 g/mol. The SMILES string of the molecule is CSc1ccc(Cl)c(C(=O)N2CCC3(CCNCC3)CC2)c1. The number of nitrogens with zero attached hydrogens (tertiary/aromatic N) is 1. The van der Waals surface area contributed by atoms with Gasteiger partial charge in [-0.05, 0) is 68.6 Å². The van der Waals surface area contributed by atoms with Gasteiger partial charge in [-0.1, -0.05) is 11.6 Å². The van der Waals surface area contributed by atoms with Crippen LogP contribution in [0, 0.1) is 5.41 Å². The van der Waals surface area contributed by atoms with Crippen molar-refractivity contribution in [2.24, 2.45) is 5.41 Å². The topological polar surface area (TPSA) is 32.3 Å². The lowest BCUT2D eigenvalue weighted by Gasteiger charge is -2.44. The summed E-state index contributed by atoms with van der Waals surface area (Å²) in [6.07, 6.45) is 6.76. The first kappa shape index (κ1) is 16.2. The maximum absolute atomic E-state index is 12.8. The van der Waals surface area contributed by atoms with Crippen LogP contribution < -0.4 is 5.32 Å². The van der Waals surface area contributed by atoms with Gasteiger partial charge in [0.1, 0.15) is 0 Å². The largest absolute Gasteiger partial charge is 0.339 e. The molecule has 0 aromatic heterocycles. The summed E-state index contributed by atoms with van der Waals surface area (Å²) in [6.45, 7) is 3.96. The van der Waals surface area contributed by atoms with E-state index in [1.54, 1.807) is 11.8 Å². The van der Waals surface area contributed by atoms with Gasteiger partial charge in [-0.15, -0.1) is 11.8 Å². The Kier molecular flexibility index (Phi) is 5.00. The van der Waals surface area contributed by atoms with E-state index >= 15 is 0 Å². The predicted octanol–water partition coefficient (Wildman–Crippen LogP) is 3.67. The van der Waals surface area contributed by atoms with E-state index < -0.39 is 0 Å². The van der Waals surface area contributed by atoms with Crippen molar-refractivity contribution in [2.75, 3.05) is 32.4 Å². The molecule has 0 radical (unpaired) electrons. The van der Waals surface area contributed by atoms with E-state index in [0.717, 1.165) is 43.9 Å². The molecule has 1 spiro atoms. The van der Waals surface area contributed by atoms with Gasteiger partial charge in [0.25, 0.3) is 5.91 Å². The standard InChI is InChI=1S/C17H23ClN2OS/c1-22-13-2-3-15(18)14(12-13)16(21)20-10-6-17(7-11-20)4-8-19-9-5-17/h2-3,12,19H,4-11H2,1H3. The van der Waals surface area contributed by atoms with E-state index in [0.29, 0.717) is 16.0 Å². The van der Waals surface area contributed by atoms with Crippen LogP contribution in [0.4, 0.5) is 0 Å². The average Bonchev–Trinajstić information content (AvgIpc) is 2.56. The van der Waals surface area contributed by atoms with Crippen molar-refractivity contribution in [1.29, 1.82) is 0 Å². The summed E-state index contributed by atoms with van der Waals surface area (Å²) in [5.41, 5.74) is 1.11. The number of carbonyl (C=O) groups is 1. The number of nitrogens with one attached hydrogen (secondary N) is 1. The summed E-state index contributed by atoms with van der Waals surface area (Å²) in [7, 11) is 0. The Labute approximate surface area is 141 Å². The molecule has 3 rings (SSSR count). The number of likely N-dealkylation sites (tertiary alicyclic amines) is 1. The number of amides is 1. The molecule has 2 aliphatic heterocycles. The van der Waals surface area contributed by atoms with Gasteiger partial charge in [0.2, 0.25) is 0 Å². The van der Waals surface area contributed by atoms with Crippen LogP contribution in [-0.4, -0.2) is 43.2 Å². The van der Waals surface area contributed by atoms with Crippen molar-refractivity contribution in [3.05, 3.63) is 28.8 Å². The van der Waals surface area contributed by atoms with Crippen LogP contribution in [0.15, 0.2) is 23.1 Å². The van der Waals surface area contributed by atoms with Crippen molar-refractivity contribution >= 4 is 29.3 Å². The molecule has 2 heterocycles. The summed E-state index contributed by atoms with van der Waals surface area (Å²) in [5.74, 6) is 0.0877. The fourth-order valence-corrected chi connectivity index (χ4v) is 4.25. The summed E-state index contributed by atoms with van der Waals surface area (Å²) >= 11 is 7.88. The Morgan fingerprint density at radius 2 is 1.91 bits per heavy atom. The smallest absolute Gasteiger partial charge is 0.255 e. The van der Waals surface area contributed by atoms with E-state index in [9.17, 15) is 4.79 Å². The lowest BCUT2D eigenvalue weighted by atomic mass is 9.71. The summed E-state index contributed by atoms with van der Waals surface area (Å²) < 4.78 is 0. The highest BCUT2D eigenvalue weighted by Crippen LogP contribution is 2.40. The number of carbonyl (C=O) groups excluding carboxylic acids is 1. The second-order valence-electron chi connectivity index (χ2n) is 6.39. The first-order chi connectivity index (χ1) is 10.6. The molecule has 2 saturated heterocycles. The van der Waals surface area contributed by atoms with Crippen molar-refractivity contribution in [2.45, 2.75) is 30.6 Å². The van der Waals surface area contributed by atoms with Crippen LogP contribution in [0.2, 0.25) is 5.02 Å². The summed E-state index contributed by atoms with van der Waals surface area (Å²) in [5, 5.41) is 4.00. The van der Waals surface area contributed by atoms with Crippen molar-refractivity contribution in [3.8, 4) is 0 Å². The maximum Gasteiger partial charge on any atom is 0.255 e. The second-order valence-corrected chi connectivity index (χ2v) is 7.67. The van der Waals surface area contributed by atoms with Crippen LogP contribution >= 0.6 is 23.4 Å². The lowest BCUT2D eigenvalue weighted by Crippen LogP contribution is -2.47. The fourth-order valence-electron chi connectivity index (χ4n) is 3.61. The third-order valence-electron chi connectivity index (χ3n) is 5.18. The first-order valence-corrected chi connectivity index (χ1v) is 9.57. The number of hydrogen-bond donors (Lipinski definition) is 1. The molecule has 0 aliphatic carbocycles. The Bertz CT molecular complexity index is 548. The Hall–Kier alpha value is -0.710. The number of thioether (sulfide) groups is 1. The fraction of sp³-hybridized carbons (Fsp3) is 0.588. The third-order valence-corrected chi connectivity index (χ3v) is 6.23. The highest BCUT2D eigenvalue weighted by Gasteiger charge is 2.37. The molecule has 1 aromatic carbocycles. The normalized spacial score (nSPS) is 21.1. The highest BCUT2D eigenvalue weighted by molar-refractivity contribution is 7.98. The molecule has 1 amide bonds. The molecule has 0 atom stereocenters. The second kappa shape index (κ2) is 6.81. The molecule has 3 nitrogen and oxygen atoms in total. The summed E-state index contributed by atoms with van der Waals surface area (Å²) in [6, 6.07) is 5.72. The number of benzene rings is 1. The van der Waals surface area contributed by atoms with Gasteiger partial charge >= 0.3 is 0 Å². The van der Waals surface area contributed by atoms with Gasteiger partial charge in [-0.2, -0.15) is 0 Å². The predicted molar refractivity (Wildman–Crippen MR) is 92.9 cm³/mol. The van der Waals surface area contributed by atoms with Gasteiger partial charge in [0, 0.05) is 18.0 Å². The highest BCUT2D eigenvalue weighted by atomic mass is 35.5. The minimum Gasteiger partial charge on any atom is -0.339 e. The van der Waals surface area contributed by atoms with E-state index in [1.165, 1.54) is 12.8 Å². The molecule has 120 valence electrons. The minimum atomic E-state index is 0.0877. The van der Waals surface area contributed by atoms with E-state index in [4.69, 9.17) is 11.6 Å². The zero-order valence-electron chi connectivity index (χ0n) is 13.0. The third kappa shape index (κ3) is 3.29. The van der Waals surface area contributed by atoms with Crippen LogP contribution in [-0.2, 0) is 0 Å². The van der Waals surface area contributed by atoms with Crippen molar-refractivity contribution in [1.82, 2.24) is 10.2 Å². The van der Waals surface area contributed by atoms with Gasteiger partial charge in [-0.25, -0.2) is 0 Å². The zero-order chi connectivity index (χ0) is 15.6. The number of rotatable bonds is 2. The molecule has 5 heteroatoms. The monoisotopic (exact) mass is 338 g/mol. The Morgan fingerprint density at radius 1 is 1.23 bits per heavy atom. The number of piperidine rings is 2. The molecule has 2 fully saturated rings. The Balaban J connectivity index is 1.69. The molecule has 0 unspecified atom stereocenters. The molecular formula is C17H23ClN2OS. The van der Waals surface area contributed by atoms with Crippen LogP contribution in [0.1, 0.15) is 36.0 Å². The van der Waals surface area contributed by atoms with Gasteiger partial charge in [-0.3, -0.25) is 4.79 Å². The van der Waals surface area contributed by atoms with Crippen LogP contribution in [0.5, 0.6) is 0 Å². The van der Waals surface area contributed by atoms with Crippen molar-refractivity contribution in [3.63, 3.8) is 0 Å². The molecule has 1 N–H and O–H groups in total. The summed E-state index contributed by atoms with van der Waals surface area (Å²) in [4.78, 5) is 15.8. The van der Waals surface area contributed by atoms with E-state index in [1.807, 2.05) is 29.4 Å². The van der Waals surface area contributed by atoms with Crippen LogP contribution in [0.25, 0.3) is 0 Å². The maximum atomic E-state index is 12.8. The Morgan fingerprint density at radius 3 is 2.55 bits per heavy atom. The zero-order valence-corrected chi connectivity index (χ0v) is 14.6. The van der Waals surface area contributed by atoms with Crippen molar-refractivity contribution < 1.29 is 4.79 Å². The molecule has 0 bridgehead atoms. The first-order valence-electron chi connectivity index (χ1n) is 7.97. The van der Waals surface area contributed by atoms with Gasteiger partial charge in [0.05, 0.1) is 10.6 Å². The lowest BCUT2D eigenvalue weighted by molar-refractivity contribution is 0.0495. The quantitative estimate of drug-likeness (QED) is 0.835. The van der Waals surface area contributed by atoms with Gasteiger partial charge < -0.3 is 10.2 Å². The molecule has 2 aliphatic rings. The molecule has 22 heavy (non-hydrogen) atoms. The molecule has 0 saturated carbocycles. The molecule has 1 aromatic rings. The van der Waals surface area contributed by atoms with E-state index in [-0.39, 0.29) is 5.91 Å². The number of hydrogen-bond acceptors (Lipinski definition) is 3.